The van der Waals surface area contributed by atoms with Gasteiger partial charge in [0, 0.05) is 25.0 Å². The molecule has 6 nitrogen and oxygen atoms in total. The normalized spacial score (nSPS) is 15.2. The van der Waals surface area contributed by atoms with Crippen molar-refractivity contribution in [2.45, 2.75) is 52.4 Å². The number of hydrogen-bond acceptors (Lipinski definition) is 4. The van der Waals surface area contributed by atoms with Crippen LogP contribution in [0, 0.1) is 5.92 Å². The smallest absolute Gasteiger partial charge is 0.146 e. The molecule has 1 aliphatic carbocycles. The molecule has 3 rings (SSSR count). The Bertz CT molecular complexity index is 552. The zero-order chi connectivity index (χ0) is 13.9. The first-order chi connectivity index (χ1) is 9.72. The standard InChI is InChI=1S/C14H22N6/c1-11(2)8-20-14(17-10-18-20)9-19-6-5-15-13(19)7-16-12-3-4-12/h5-6,10-12,16H,3-4,7-9H2,1-2H3. The number of nitrogens with one attached hydrogen (secondary N) is 1. The van der Waals surface area contributed by atoms with E-state index in [1.807, 2.05) is 17.1 Å². The molecule has 0 aliphatic heterocycles. The maximum absolute atomic E-state index is 4.43. The van der Waals surface area contributed by atoms with Crippen LogP contribution in [0.3, 0.4) is 0 Å². The van der Waals surface area contributed by atoms with E-state index in [-0.39, 0.29) is 0 Å². The molecule has 1 N–H and O–H groups in total. The van der Waals surface area contributed by atoms with Gasteiger partial charge in [0.25, 0.3) is 0 Å². The van der Waals surface area contributed by atoms with Gasteiger partial charge in [0.1, 0.15) is 18.0 Å². The first-order valence-electron chi connectivity index (χ1n) is 7.32. The largest absolute Gasteiger partial charge is 0.326 e. The van der Waals surface area contributed by atoms with Gasteiger partial charge in [0.2, 0.25) is 0 Å². The third-order valence-electron chi connectivity index (χ3n) is 3.47. The van der Waals surface area contributed by atoms with Crippen molar-refractivity contribution in [1.82, 2.24) is 29.6 Å². The van der Waals surface area contributed by atoms with Crippen LogP contribution >= 0.6 is 0 Å². The minimum Gasteiger partial charge on any atom is -0.326 e. The SMILES string of the molecule is CC(C)Cn1ncnc1Cn1ccnc1CNC1CC1. The summed E-state index contributed by atoms with van der Waals surface area (Å²) in [5.41, 5.74) is 0. The van der Waals surface area contributed by atoms with Gasteiger partial charge in [-0.05, 0) is 18.8 Å². The van der Waals surface area contributed by atoms with E-state index in [2.05, 4.69) is 38.8 Å². The summed E-state index contributed by atoms with van der Waals surface area (Å²) in [5.74, 6) is 2.62. The Hall–Kier alpha value is -1.69. The van der Waals surface area contributed by atoms with Gasteiger partial charge in [-0.15, -0.1) is 0 Å². The maximum atomic E-state index is 4.43. The van der Waals surface area contributed by atoms with Gasteiger partial charge in [0.05, 0.1) is 13.1 Å². The van der Waals surface area contributed by atoms with Crippen molar-refractivity contribution in [2.75, 3.05) is 0 Å². The lowest BCUT2D eigenvalue weighted by Gasteiger charge is -2.11. The molecule has 2 heterocycles. The molecular weight excluding hydrogens is 252 g/mol. The van der Waals surface area contributed by atoms with Crippen molar-refractivity contribution in [1.29, 1.82) is 0 Å². The average molecular weight is 274 g/mol. The third kappa shape index (κ3) is 3.25. The Balaban J connectivity index is 1.67. The highest BCUT2D eigenvalue weighted by Gasteiger charge is 2.21. The lowest BCUT2D eigenvalue weighted by Crippen LogP contribution is -2.20. The first kappa shape index (κ1) is 13.3. The molecule has 1 saturated carbocycles. The fraction of sp³-hybridized carbons (Fsp3) is 0.643. The molecule has 108 valence electrons. The predicted octanol–water partition coefficient (Wildman–Crippen LogP) is 1.43. The zero-order valence-corrected chi connectivity index (χ0v) is 12.2. The van der Waals surface area contributed by atoms with E-state index < -0.39 is 0 Å². The van der Waals surface area contributed by atoms with E-state index in [9.17, 15) is 0 Å². The quantitative estimate of drug-likeness (QED) is 0.830. The summed E-state index contributed by atoms with van der Waals surface area (Å²) in [5, 5.41) is 7.81. The Labute approximate surface area is 119 Å². The number of imidazole rings is 1. The van der Waals surface area contributed by atoms with Crippen LogP contribution in [-0.4, -0.2) is 30.4 Å². The molecule has 0 unspecified atom stereocenters. The van der Waals surface area contributed by atoms with Crippen LogP contribution in [0.15, 0.2) is 18.7 Å². The zero-order valence-electron chi connectivity index (χ0n) is 12.2. The van der Waals surface area contributed by atoms with Crippen LogP contribution in [0.1, 0.15) is 38.3 Å². The monoisotopic (exact) mass is 274 g/mol. The summed E-state index contributed by atoms with van der Waals surface area (Å²) >= 11 is 0. The lowest BCUT2D eigenvalue weighted by atomic mass is 10.2. The molecule has 1 aliphatic rings. The van der Waals surface area contributed by atoms with Crippen molar-refractivity contribution in [3.63, 3.8) is 0 Å². The molecule has 2 aromatic rings. The predicted molar refractivity (Wildman–Crippen MR) is 76.1 cm³/mol. The number of nitrogens with zero attached hydrogens (tertiary/aromatic N) is 5. The number of hydrogen-bond donors (Lipinski definition) is 1. The first-order valence-corrected chi connectivity index (χ1v) is 7.32. The van der Waals surface area contributed by atoms with E-state index in [1.165, 1.54) is 12.8 Å². The summed E-state index contributed by atoms with van der Waals surface area (Å²) < 4.78 is 4.14. The molecule has 0 radical (unpaired) electrons. The Morgan fingerprint density at radius 1 is 1.30 bits per heavy atom. The highest BCUT2D eigenvalue weighted by atomic mass is 15.3. The second kappa shape index (κ2) is 5.75. The summed E-state index contributed by atoms with van der Waals surface area (Å²) in [6.45, 7) is 6.84. The molecule has 0 saturated heterocycles. The van der Waals surface area contributed by atoms with Crippen molar-refractivity contribution < 1.29 is 0 Å². The fourth-order valence-corrected chi connectivity index (χ4v) is 2.24. The van der Waals surface area contributed by atoms with Crippen LogP contribution in [0.4, 0.5) is 0 Å². The number of rotatable bonds is 7. The van der Waals surface area contributed by atoms with Gasteiger partial charge in [-0.1, -0.05) is 13.8 Å². The van der Waals surface area contributed by atoms with Gasteiger partial charge < -0.3 is 9.88 Å². The van der Waals surface area contributed by atoms with Gasteiger partial charge in [-0.2, -0.15) is 5.10 Å². The van der Waals surface area contributed by atoms with Gasteiger partial charge >= 0.3 is 0 Å². The lowest BCUT2D eigenvalue weighted by molar-refractivity contribution is 0.458. The molecule has 0 atom stereocenters. The second-order valence-electron chi connectivity index (χ2n) is 5.88. The molecule has 20 heavy (non-hydrogen) atoms. The molecule has 2 aromatic heterocycles. The van der Waals surface area contributed by atoms with Crippen LogP contribution in [0.2, 0.25) is 0 Å². The van der Waals surface area contributed by atoms with Crippen molar-refractivity contribution in [3.05, 3.63) is 30.4 Å². The molecule has 0 spiro atoms. The molecule has 0 bridgehead atoms. The minimum absolute atomic E-state index is 0.564. The highest BCUT2D eigenvalue weighted by molar-refractivity contribution is 4.98. The van der Waals surface area contributed by atoms with Crippen LogP contribution in [-0.2, 0) is 19.6 Å². The minimum atomic E-state index is 0.564. The highest BCUT2D eigenvalue weighted by Crippen LogP contribution is 2.19. The summed E-state index contributed by atoms with van der Waals surface area (Å²) in [6.07, 6.45) is 8.09. The van der Waals surface area contributed by atoms with E-state index in [0.29, 0.717) is 12.0 Å². The fourth-order valence-electron chi connectivity index (χ4n) is 2.24. The Kier molecular flexibility index (Phi) is 3.82. The van der Waals surface area contributed by atoms with Crippen LogP contribution in [0.25, 0.3) is 0 Å². The van der Waals surface area contributed by atoms with Gasteiger partial charge in [-0.3, -0.25) is 0 Å². The van der Waals surface area contributed by atoms with Gasteiger partial charge in [-0.25, -0.2) is 14.6 Å². The van der Waals surface area contributed by atoms with E-state index in [0.717, 1.165) is 31.3 Å². The molecular formula is C14H22N6. The number of aromatic nitrogens is 5. The van der Waals surface area contributed by atoms with E-state index in [4.69, 9.17) is 0 Å². The van der Waals surface area contributed by atoms with Crippen molar-refractivity contribution >= 4 is 0 Å². The van der Waals surface area contributed by atoms with Crippen molar-refractivity contribution in [2.24, 2.45) is 5.92 Å². The van der Waals surface area contributed by atoms with Crippen LogP contribution in [0.5, 0.6) is 0 Å². The van der Waals surface area contributed by atoms with Crippen LogP contribution < -0.4 is 5.32 Å². The van der Waals surface area contributed by atoms with Gasteiger partial charge in [0.15, 0.2) is 0 Å². The molecule has 0 amide bonds. The summed E-state index contributed by atoms with van der Waals surface area (Å²) in [4.78, 5) is 8.81. The topological polar surface area (TPSA) is 60.6 Å². The molecule has 1 fully saturated rings. The maximum Gasteiger partial charge on any atom is 0.146 e. The summed E-state index contributed by atoms with van der Waals surface area (Å²) in [7, 11) is 0. The van der Waals surface area contributed by atoms with E-state index >= 15 is 0 Å². The molecule has 0 aromatic carbocycles. The summed E-state index contributed by atoms with van der Waals surface area (Å²) in [6, 6.07) is 0.699. The van der Waals surface area contributed by atoms with Crippen molar-refractivity contribution in [3.8, 4) is 0 Å². The molecule has 6 heteroatoms. The average Bonchev–Trinajstić information content (AvgIpc) is 2.98. The van der Waals surface area contributed by atoms with E-state index in [1.54, 1.807) is 6.33 Å². The third-order valence-corrected chi connectivity index (χ3v) is 3.47. The second-order valence-corrected chi connectivity index (χ2v) is 5.88. The Morgan fingerprint density at radius 2 is 2.15 bits per heavy atom. The Morgan fingerprint density at radius 3 is 2.90 bits per heavy atom.